The minimum atomic E-state index is -4.53. The molecule has 0 saturated heterocycles. The number of carbonyl (C=O) groups is 2. The molecule has 1 N–H and O–H groups in total. The number of imidazole rings is 1. The summed E-state index contributed by atoms with van der Waals surface area (Å²) >= 11 is 0. The Morgan fingerprint density at radius 1 is 1.09 bits per heavy atom. The summed E-state index contributed by atoms with van der Waals surface area (Å²) in [5, 5.41) is 2.47. The summed E-state index contributed by atoms with van der Waals surface area (Å²) in [6, 6.07) is 14.1. The van der Waals surface area contributed by atoms with Crippen LogP contribution in [0.5, 0.6) is 0 Å². The van der Waals surface area contributed by atoms with Gasteiger partial charge < -0.3 is 9.73 Å². The standard InChI is InChI=1S/C23H17F3N4O3/c24-23(25,26)14-5-3-6-15(11-14)27-20(31)12-19-21(32)29(13-16-7-4-10-33-16)22-28-17-8-1-2-9-18(17)30(19)22/h1-11,19H,12-13H2,(H,27,31)/t19-/m0/s1. The number of halogens is 3. The monoisotopic (exact) mass is 454 g/mol. The van der Waals surface area contributed by atoms with Crippen LogP contribution in [0.4, 0.5) is 24.8 Å². The highest BCUT2D eigenvalue weighted by Gasteiger charge is 2.41. The van der Waals surface area contributed by atoms with Gasteiger partial charge in [-0.2, -0.15) is 13.2 Å². The molecule has 7 nitrogen and oxygen atoms in total. The zero-order valence-corrected chi connectivity index (χ0v) is 17.0. The maximum Gasteiger partial charge on any atom is 0.416 e. The Morgan fingerprint density at radius 3 is 2.67 bits per heavy atom. The lowest BCUT2D eigenvalue weighted by atomic mass is 10.1. The van der Waals surface area contributed by atoms with E-state index in [1.165, 1.54) is 23.3 Å². The Bertz CT molecular complexity index is 1340. The fourth-order valence-corrected chi connectivity index (χ4v) is 3.96. The molecule has 0 spiro atoms. The van der Waals surface area contributed by atoms with Crippen molar-refractivity contribution in [1.82, 2.24) is 9.55 Å². The molecule has 0 bridgehead atoms. The van der Waals surface area contributed by atoms with Gasteiger partial charge in [0.15, 0.2) is 0 Å². The van der Waals surface area contributed by atoms with Crippen molar-refractivity contribution in [3.8, 4) is 0 Å². The van der Waals surface area contributed by atoms with Crippen molar-refractivity contribution in [2.75, 3.05) is 10.2 Å². The summed E-state index contributed by atoms with van der Waals surface area (Å²) in [6.07, 6.45) is -3.30. The maximum atomic E-state index is 13.3. The highest BCUT2D eigenvalue weighted by molar-refractivity contribution is 6.05. The summed E-state index contributed by atoms with van der Waals surface area (Å²) in [7, 11) is 0. The largest absolute Gasteiger partial charge is 0.467 e. The highest BCUT2D eigenvalue weighted by Crippen LogP contribution is 2.37. The van der Waals surface area contributed by atoms with E-state index in [4.69, 9.17) is 4.42 Å². The van der Waals surface area contributed by atoms with Gasteiger partial charge >= 0.3 is 6.18 Å². The van der Waals surface area contributed by atoms with Gasteiger partial charge in [0.2, 0.25) is 11.9 Å². The number of carbonyl (C=O) groups excluding carboxylic acids is 2. The number of alkyl halides is 3. The Morgan fingerprint density at radius 2 is 1.91 bits per heavy atom. The van der Waals surface area contributed by atoms with E-state index in [2.05, 4.69) is 10.3 Å². The molecule has 5 rings (SSSR count). The second-order valence-corrected chi connectivity index (χ2v) is 7.62. The number of benzene rings is 2. The third kappa shape index (κ3) is 3.84. The van der Waals surface area contributed by atoms with Crippen LogP contribution in [0.3, 0.4) is 0 Å². The molecule has 10 heteroatoms. The number of nitrogens with one attached hydrogen (secondary N) is 1. The van der Waals surface area contributed by atoms with Crippen LogP contribution in [0.1, 0.15) is 23.8 Å². The van der Waals surface area contributed by atoms with E-state index < -0.39 is 23.7 Å². The number of anilines is 2. The molecule has 0 unspecified atom stereocenters. The zero-order chi connectivity index (χ0) is 23.2. The molecule has 33 heavy (non-hydrogen) atoms. The highest BCUT2D eigenvalue weighted by atomic mass is 19.4. The van der Waals surface area contributed by atoms with Crippen LogP contribution in [0, 0.1) is 0 Å². The number of hydrogen-bond donors (Lipinski definition) is 1. The minimum Gasteiger partial charge on any atom is -0.467 e. The molecule has 2 aromatic carbocycles. The smallest absolute Gasteiger partial charge is 0.416 e. The molecule has 4 aromatic rings. The van der Waals surface area contributed by atoms with Crippen molar-refractivity contribution in [3.63, 3.8) is 0 Å². The number of aromatic nitrogens is 2. The topological polar surface area (TPSA) is 80.4 Å². The number of amides is 2. The van der Waals surface area contributed by atoms with Crippen molar-refractivity contribution in [2.45, 2.75) is 25.2 Å². The van der Waals surface area contributed by atoms with E-state index >= 15 is 0 Å². The molecule has 0 aliphatic carbocycles. The van der Waals surface area contributed by atoms with Crippen molar-refractivity contribution in [1.29, 1.82) is 0 Å². The predicted octanol–water partition coefficient (Wildman–Crippen LogP) is 4.76. The molecule has 1 atom stereocenters. The van der Waals surface area contributed by atoms with E-state index in [1.807, 2.05) is 6.07 Å². The average Bonchev–Trinajstić information content (AvgIpc) is 3.47. The molecule has 0 radical (unpaired) electrons. The first kappa shape index (κ1) is 20.8. The number of rotatable bonds is 5. The first-order valence-electron chi connectivity index (χ1n) is 10.1. The molecule has 1 aliphatic rings. The van der Waals surface area contributed by atoms with Crippen LogP contribution in [0.15, 0.2) is 71.3 Å². The van der Waals surface area contributed by atoms with Gasteiger partial charge in [-0.05, 0) is 42.5 Å². The Hall–Kier alpha value is -4.08. The third-order valence-corrected chi connectivity index (χ3v) is 5.43. The molecular formula is C23H17F3N4O3. The Kier molecular flexibility index (Phi) is 4.92. The Labute approximate surface area is 185 Å². The van der Waals surface area contributed by atoms with Crippen molar-refractivity contribution in [3.05, 3.63) is 78.3 Å². The first-order chi connectivity index (χ1) is 15.8. The number of furan rings is 1. The van der Waals surface area contributed by atoms with Crippen molar-refractivity contribution >= 4 is 34.5 Å². The fourth-order valence-electron chi connectivity index (χ4n) is 3.96. The molecule has 3 heterocycles. The van der Waals surface area contributed by atoms with E-state index in [9.17, 15) is 22.8 Å². The minimum absolute atomic E-state index is 0.00317. The van der Waals surface area contributed by atoms with Crippen LogP contribution >= 0.6 is 0 Å². The van der Waals surface area contributed by atoms with Crippen LogP contribution in [0.25, 0.3) is 11.0 Å². The second-order valence-electron chi connectivity index (χ2n) is 7.62. The number of para-hydroxylation sites is 2. The zero-order valence-electron chi connectivity index (χ0n) is 17.0. The van der Waals surface area contributed by atoms with Gasteiger partial charge in [0.1, 0.15) is 11.8 Å². The predicted molar refractivity (Wildman–Crippen MR) is 113 cm³/mol. The molecule has 0 fully saturated rings. The van der Waals surface area contributed by atoms with Gasteiger partial charge in [0.25, 0.3) is 5.91 Å². The number of fused-ring (bicyclic) bond motifs is 3. The van der Waals surface area contributed by atoms with Gasteiger partial charge in [0.05, 0.1) is 35.8 Å². The first-order valence-corrected chi connectivity index (χ1v) is 10.1. The summed E-state index contributed by atoms with van der Waals surface area (Å²) < 4.78 is 46.0. The van der Waals surface area contributed by atoms with Crippen LogP contribution < -0.4 is 10.2 Å². The second kappa shape index (κ2) is 7.80. The van der Waals surface area contributed by atoms with Crippen LogP contribution in [-0.2, 0) is 22.3 Å². The number of nitrogens with zero attached hydrogens (tertiary/aromatic N) is 3. The fraction of sp³-hybridized carbons (Fsp3) is 0.174. The van der Waals surface area contributed by atoms with Crippen molar-refractivity contribution in [2.24, 2.45) is 0 Å². The molecule has 2 aromatic heterocycles. The van der Waals surface area contributed by atoms with Gasteiger partial charge in [-0.15, -0.1) is 0 Å². The SMILES string of the molecule is O=C(C[C@H]1C(=O)N(Cc2ccco2)c2nc3ccccc3n21)Nc1cccc(C(F)(F)F)c1. The van der Waals surface area contributed by atoms with Crippen molar-refractivity contribution < 1.29 is 27.2 Å². The normalized spacial score (nSPS) is 15.8. The van der Waals surface area contributed by atoms with Gasteiger partial charge in [-0.3, -0.25) is 19.1 Å². The maximum absolute atomic E-state index is 13.3. The summed E-state index contributed by atoms with van der Waals surface area (Å²) in [5.74, 6) is 0.000548. The van der Waals surface area contributed by atoms with Gasteiger partial charge in [0, 0.05) is 5.69 Å². The van der Waals surface area contributed by atoms with E-state index in [0.717, 1.165) is 12.1 Å². The summed E-state index contributed by atoms with van der Waals surface area (Å²) in [5.41, 5.74) is 0.473. The van der Waals surface area contributed by atoms with E-state index in [1.54, 1.807) is 34.9 Å². The molecule has 2 amide bonds. The lowest BCUT2D eigenvalue weighted by Crippen LogP contribution is -2.31. The summed E-state index contributed by atoms with van der Waals surface area (Å²) in [6.45, 7) is 0.140. The lowest BCUT2D eigenvalue weighted by Gasteiger charge is -2.15. The quantitative estimate of drug-likeness (QED) is 0.471. The van der Waals surface area contributed by atoms with E-state index in [-0.39, 0.29) is 24.6 Å². The average molecular weight is 454 g/mol. The summed E-state index contributed by atoms with van der Waals surface area (Å²) in [4.78, 5) is 32.0. The third-order valence-electron chi connectivity index (χ3n) is 5.43. The van der Waals surface area contributed by atoms with Gasteiger partial charge in [-0.25, -0.2) is 4.98 Å². The molecular weight excluding hydrogens is 437 g/mol. The van der Waals surface area contributed by atoms with E-state index in [0.29, 0.717) is 22.7 Å². The van der Waals surface area contributed by atoms with Crippen LogP contribution in [-0.4, -0.2) is 21.4 Å². The number of hydrogen-bond acceptors (Lipinski definition) is 4. The molecule has 0 saturated carbocycles. The lowest BCUT2D eigenvalue weighted by molar-refractivity contribution is -0.137. The molecule has 168 valence electrons. The Balaban J connectivity index is 1.43. The van der Waals surface area contributed by atoms with Crippen LogP contribution in [0.2, 0.25) is 0 Å². The molecule has 1 aliphatic heterocycles. The van der Waals surface area contributed by atoms with Gasteiger partial charge in [-0.1, -0.05) is 18.2 Å².